The molecule has 1 aromatic heterocycles. The van der Waals surface area contributed by atoms with E-state index >= 15 is 0 Å². The number of anilines is 2. The number of urea groups is 1. The van der Waals surface area contributed by atoms with Crippen LogP contribution in [-0.4, -0.2) is 59.6 Å². The Kier molecular flexibility index (Phi) is 5.80. The van der Waals surface area contributed by atoms with E-state index in [1.54, 1.807) is 12.1 Å². The molecule has 3 aliphatic rings. The summed E-state index contributed by atoms with van der Waals surface area (Å²) in [5, 5.41) is 8.57. The topological polar surface area (TPSA) is 108 Å². The van der Waals surface area contributed by atoms with Gasteiger partial charge in [0.25, 0.3) is 5.91 Å². The van der Waals surface area contributed by atoms with Crippen molar-refractivity contribution in [3.8, 4) is 5.75 Å². The van der Waals surface area contributed by atoms with Crippen LogP contribution in [-0.2, 0) is 0 Å². The van der Waals surface area contributed by atoms with E-state index in [0.29, 0.717) is 28.7 Å². The molecule has 3 fully saturated rings. The summed E-state index contributed by atoms with van der Waals surface area (Å²) in [5.74, 6) is 1.18. The number of hydrogen-bond donors (Lipinski definition) is 3. The van der Waals surface area contributed by atoms with Gasteiger partial charge >= 0.3 is 6.03 Å². The highest BCUT2D eigenvalue weighted by Gasteiger charge is 2.35. The standard InChI is InChI=1S/C21H26N6O3/c1-13-9-15(20(28)24-16-12-27-7-3-14(16)4-8-27)10-17(30-2)19(13)26-21(29)25-18-11-22-5-6-23-18/h5-6,9-11,14,16H,3-4,7-8,12H2,1-2H3,(H,24,28)(H2,23,25,26,29). The van der Waals surface area contributed by atoms with Gasteiger partial charge in [0.15, 0.2) is 5.82 Å². The molecule has 0 spiro atoms. The van der Waals surface area contributed by atoms with E-state index in [0.717, 1.165) is 38.0 Å². The van der Waals surface area contributed by atoms with Gasteiger partial charge < -0.3 is 20.3 Å². The summed E-state index contributed by atoms with van der Waals surface area (Å²) in [6, 6.07) is 3.13. The van der Waals surface area contributed by atoms with Gasteiger partial charge in [0.05, 0.1) is 19.0 Å². The second-order valence-electron chi connectivity index (χ2n) is 7.76. The zero-order valence-electron chi connectivity index (χ0n) is 17.1. The lowest BCUT2D eigenvalue weighted by Crippen LogP contribution is -2.57. The third kappa shape index (κ3) is 4.35. The van der Waals surface area contributed by atoms with E-state index in [-0.39, 0.29) is 11.9 Å². The van der Waals surface area contributed by atoms with Crippen LogP contribution in [0.5, 0.6) is 5.75 Å². The van der Waals surface area contributed by atoms with Crippen molar-refractivity contribution in [3.05, 3.63) is 41.9 Å². The first-order chi connectivity index (χ1) is 14.5. The molecule has 30 heavy (non-hydrogen) atoms. The molecular weight excluding hydrogens is 384 g/mol. The van der Waals surface area contributed by atoms with Crippen molar-refractivity contribution in [1.29, 1.82) is 0 Å². The van der Waals surface area contributed by atoms with Gasteiger partial charge in [-0.3, -0.25) is 15.1 Å². The SMILES string of the molecule is COc1cc(C(=O)NC2CN3CCC2CC3)cc(C)c1NC(=O)Nc1cnccn1. The number of aryl methyl sites for hydroxylation is 1. The number of nitrogens with zero attached hydrogens (tertiary/aromatic N) is 3. The predicted octanol–water partition coefficient (Wildman–Crippen LogP) is 2.26. The van der Waals surface area contributed by atoms with Gasteiger partial charge in [0, 0.05) is 30.5 Å². The number of ether oxygens (including phenoxy) is 1. The van der Waals surface area contributed by atoms with E-state index in [9.17, 15) is 9.59 Å². The first-order valence-electron chi connectivity index (χ1n) is 10.1. The minimum absolute atomic E-state index is 0.120. The smallest absolute Gasteiger partial charge is 0.325 e. The van der Waals surface area contributed by atoms with E-state index in [2.05, 4.69) is 30.8 Å². The van der Waals surface area contributed by atoms with Gasteiger partial charge in [-0.1, -0.05) is 0 Å². The zero-order valence-corrected chi connectivity index (χ0v) is 17.1. The summed E-state index contributed by atoms with van der Waals surface area (Å²) in [7, 11) is 1.51. The summed E-state index contributed by atoms with van der Waals surface area (Å²) in [4.78, 5) is 35.5. The molecule has 3 aliphatic heterocycles. The summed E-state index contributed by atoms with van der Waals surface area (Å²) in [6.45, 7) is 4.99. The summed E-state index contributed by atoms with van der Waals surface area (Å²) >= 11 is 0. The van der Waals surface area contributed by atoms with Crippen molar-refractivity contribution < 1.29 is 14.3 Å². The van der Waals surface area contributed by atoms with Gasteiger partial charge in [0.2, 0.25) is 0 Å². The van der Waals surface area contributed by atoms with Crippen molar-refractivity contribution in [2.24, 2.45) is 5.92 Å². The first-order valence-corrected chi connectivity index (χ1v) is 10.1. The number of piperidine rings is 3. The highest BCUT2D eigenvalue weighted by molar-refractivity contribution is 6.02. The number of benzene rings is 1. The number of amides is 3. The van der Waals surface area contributed by atoms with Crippen molar-refractivity contribution in [3.63, 3.8) is 0 Å². The molecule has 2 aromatic rings. The van der Waals surface area contributed by atoms with Crippen molar-refractivity contribution in [2.45, 2.75) is 25.8 Å². The van der Waals surface area contributed by atoms with Crippen LogP contribution in [0.1, 0.15) is 28.8 Å². The summed E-state index contributed by atoms with van der Waals surface area (Å²) in [5.41, 5.74) is 1.74. The Bertz CT molecular complexity index is 928. The lowest BCUT2D eigenvalue weighted by molar-refractivity contribution is 0.0620. The third-order valence-electron chi connectivity index (χ3n) is 5.80. The fraction of sp³-hybridized carbons (Fsp3) is 0.429. The molecule has 5 rings (SSSR count). The van der Waals surface area contributed by atoms with Crippen LogP contribution >= 0.6 is 0 Å². The summed E-state index contributed by atoms with van der Waals surface area (Å²) < 4.78 is 5.45. The summed E-state index contributed by atoms with van der Waals surface area (Å²) in [6.07, 6.45) is 6.74. The number of fused-ring (bicyclic) bond motifs is 3. The van der Waals surface area contributed by atoms with Gasteiger partial charge in [-0.25, -0.2) is 9.78 Å². The second-order valence-corrected chi connectivity index (χ2v) is 7.76. The average molecular weight is 410 g/mol. The minimum Gasteiger partial charge on any atom is -0.495 e. The molecule has 158 valence electrons. The molecule has 9 heteroatoms. The lowest BCUT2D eigenvalue weighted by atomic mass is 9.84. The van der Waals surface area contributed by atoms with Gasteiger partial charge in [-0.15, -0.1) is 0 Å². The van der Waals surface area contributed by atoms with Crippen molar-refractivity contribution in [2.75, 3.05) is 37.4 Å². The normalized spacial score (nSPS) is 22.3. The number of rotatable bonds is 5. The molecule has 3 N–H and O–H groups in total. The molecule has 1 aromatic carbocycles. The molecule has 0 aliphatic carbocycles. The molecule has 3 amide bonds. The Labute approximate surface area is 175 Å². The maximum Gasteiger partial charge on any atom is 0.325 e. The predicted molar refractivity (Wildman–Crippen MR) is 113 cm³/mol. The molecule has 4 heterocycles. The number of carbonyl (C=O) groups is 2. The van der Waals surface area contributed by atoms with E-state index in [4.69, 9.17) is 4.74 Å². The molecule has 0 radical (unpaired) electrons. The Hall–Kier alpha value is -3.20. The highest BCUT2D eigenvalue weighted by Crippen LogP contribution is 2.31. The third-order valence-corrected chi connectivity index (χ3v) is 5.80. The highest BCUT2D eigenvalue weighted by atomic mass is 16.5. The largest absolute Gasteiger partial charge is 0.495 e. The van der Waals surface area contributed by atoms with Crippen LogP contribution in [0.25, 0.3) is 0 Å². The van der Waals surface area contributed by atoms with Crippen LogP contribution in [0.3, 0.4) is 0 Å². The molecule has 2 bridgehead atoms. The Morgan fingerprint density at radius 2 is 1.97 bits per heavy atom. The molecule has 9 nitrogen and oxygen atoms in total. The van der Waals surface area contributed by atoms with Crippen molar-refractivity contribution >= 4 is 23.4 Å². The number of hydrogen-bond acceptors (Lipinski definition) is 6. The van der Waals surface area contributed by atoms with Gasteiger partial charge in [-0.2, -0.15) is 0 Å². The molecule has 3 saturated heterocycles. The van der Waals surface area contributed by atoms with E-state index < -0.39 is 6.03 Å². The maximum absolute atomic E-state index is 12.9. The lowest BCUT2D eigenvalue weighted by Gasteiger charge is -2.44. The molecule has 0 saturated carbocycles. The monoisotopic (exact) mass is 410 g/mol. The number of methoxy groups -OCH3 is 1. The fourth-order valence-electron chi connectivity index (χ4n) is 4.21. The van der Waals surface area contributed by atoms with Crippen molar-refractivity contribution in [1.82, 2.24) is 20.2 Å². The molecule has 1 atom stereocenters. The van der Waals surface area contributed by atoms with Gasteiger partial charge in [-0.05, 0) is 56.5 Å². The second kappa shape index (κ2) is 8.66. The van der Waals surface area contributed by atoms with Gasteiger partial charge in [0.1, 0.15) is 5.75 Å². The number of nitrogens with one attached hydrogen (secondary N) is 3. The fourth-order valence-corrected chi connectivity index (χ4v) is 4.21. The van der Waals surface area contributed by atoms with Crippen LogP contribution in [0.15, 0.2) is 30.7 Å². The molecular formula is C21H26N6O3. The molecule has 1 unspecified atom stereocenters. The van der Waals surface area contributed by atoms with E-state index in [1.165, 1.54) is 25.7 Å². The minimum atomic E-state index is -0.471. The Balaban J connectivity index is 1.46. The van der Waals surface area contributed by atoms with Crippen LogP contribution in [0.4, 0.5) is 16.3 Å². The zero-order chi connectivity index (χ0) is 21.1. The maximum atomic E-state index is 12.9. The number of carbonyl (C=O) groups excluding carboxylic acids is 2. The quantitative estimate of drug-likeness (QED) is 0.698. The van der Waals surface area contributed by atoms with Crippen LogP contribution in [0.2, 0.25) is 0 Å². The van der Waals surface area contributed by atoms with Crippen LogP contribution in [0, 0.1) is 12.8 Å². The Morgan fingerprint density at radius 1 is 1.17 bits per heavy atom. The van der Waals surface area contributed by atoms with Crippen LogP contribution < -0.4 is 20.7 Å². The Morgan fingerprint density at radius 3 is 2.60 bits per heavy atom. The number of aromatic nitrogens is 2. The average Bonchev–Trinajstić information content (AvgIpc) is 2.76. The van der Waals surface area contributed by atoms with E-state index in [1.807, 2.05) is 6.92 Å². The first kappa shape index (κ1) is 20.1.